The third-order valence-electron chi connectivity index (χ3n) is 6.66. The molecule has 7 nitrogen and oxygen atoms in total. The molecule has 4 atom stereocenters. The molecule has 1 aromatic heterocycles. The SMILES string of the molecule is Cc1cc2n(n1)[C@@H](C(F)(F)F)C[C@@H](C1CCN(C(=O)CN3C[C@@H](C)O[C@H](C)C3)CC1)N2. The van der Waals surface area contributed by atoms with E-state index in [1.165, 1.54) is 0 Å². The van der Waals surface area contributed by atoms with Gasteiger partial charge in [0.25, 0.3) is 0 Å². The molecule has 4 heterocycles. The minimum atomic E-state index is -4.34. The van der Waals surface area contributed by atoms with Crippen LogP contribution < -0.4 is 5.32 Å². The fourth-order valence-corrected chi connectivity index (χ4v) is 5.29. The molecule has 0 aromatic carbocycles. The first-order chi connectivity index (χ1) is 14.6. The monoisotopic (exact) mass is 443 g/mol. The zero-order chi connectivity index (χ0) is 22.3. The summed E-state index contributed by atoms with van der Waals surface area (Å²) < 4.78 is 47.8. The molecule has 0 spiro atoms. The lowest BCUT2D eigenvalue weighted by atomic mass is 9.84. The van der Waals surface area contributed by atoms with Crippen molar-refractivity contribution < 1.29 is 22.7 Å². The molecule has 3 aliphatic rings. The lowest BCUT2D eigenvalue weighted by Gasteiger charge is -2.41. The first-order valence-electron chi connectivity index (χ1n) is 11.1. The van der Waals surface area contributed by atoms with E-state index in [9.17, 15) is 18.0 Å². The lowest BCUT2D eigenvalue weighted by Crippen LogP contribution is -2.52. The zero-order valence-electron chi connectivity index (χ0n) is 18.4. The zero-order valence-corrected chi connectivity index (χ0v) is 18.4. The predicted molar refractivity (Wildman–Crippen MR) is 110 cm³/mol. The Hall–Kier alpha value is -1.81. The Balaban J connectivity index is 1.34. The Labute approximate surface area is 180 Å². The lowest BCUT2D eigenvalue weighted by molar-refractivity contribution is -0.174. The number of aromatic nitrogens is 2. The van der Waals surface area contributed by atoms with Crippen LogP contribution in [0, 0.1) is 12.8 Å². The van der Waals surface area contributed by atoms with Crippen LogP contribution in [0.25, 0.3) is 0 Å². The van der Waals surface area contributed by atoms with E-state index in [4.69, 9.17) is 4.74 Å². The first-order valence-corrected chi connectivity index (χ1v) is 11.1. The van der Waals surface area contributed by atoms with Crippen molar-refractivity contribution in [3.8, 4) is 0 Å². The molecular formula is C21H32F3N5O2. The maximum atomic E-state index is 13.7. The fraction of sp³-hybridized carbons (Fsp3) is 0.810. The highest BCUT2D eigenvalue weighted by atomic mass is 19.4. The first kappa shape index (κ1) is 22.4. The number of halogens is 3. The number of nitrogens with one attached hydrogen (secondary N) is 1. The summed E-state index contributed by atoms with van der Waals surface area (Å²) in [6, 6.07) is -0.200. The highest BCUT2D eigenvalue weighted by molar-refractivity contribution is 5.78. The minimum Gasteiger partial charge on any atom is -0.373 e. The molecule has 4 rings (SSSR count). The van der Waals surface area contributed by atoms with Crippen LogP contribution in [0.15, 0.2) is 6.07 Å². The van der Waals surface area contributed by atoms with Gasteiger partial charge in [0.05, 0.1) is 24.4 Å². The van der Waals surface area contributed by atoms with Crippen molar-refractivity contribution in [3.05, 3.63) is 11.8 Å². The molecule has 0 saturated carbocycles. The Morgan fingerprint density at radius 2 is 1.87 bits per heavy atom. The summed E-state index contributed by atoms with van der Waals surface area (Å²) in [6.45, 7) is 8.76. The van der Waals surface area contributed by atoms with Crippen LogP contribution >= 0.6 is 0 Å². The van der Waals surface area contributed by atoms with Gasteiger partial charge in [-0.1, -0.05) is 0 Å². The van der Waals surface area contributed by atoms with E-state index in [1.807, 2.05) is 18.7 Å². The number of carbonyl (C=O) groups is 1. The molecule has 1 amide bonds. The van der Waals surface area contributed by atoms with Gasteiger partial charge in [0.2, 0.25) is 5.91 Å². The van der Waals surface area contributed by atoms with E-state index in [1.54, 1.807) is 13.0 Å². The van der Waals surface area contributed by atoms with Gasteiger partial charge in [-0.2, -0.15) is 18.3 Å². The maximum Gasteiger partial charge on any atom is 0.410 e. The Morgan fingerprint density at radius 3 is 2.48 bits per heavy atom. The number of piperidine rings is 1. The normalized spacial score (nSPS) is 30.7. The van der Waals surface area contributed by atoms with Gasteiger partial charge in [-0.25, -0.2) is 4.68 Å². The second-order valence-corrected chi connectivity index (χ2v) is 9.33. The van der Waals surface area contributed by atoms with Gasteiger partial charge in [-0.05, 0) is 46.0 Å². The number of nitrogens with zero attached hydrogens (tertiary/aromatic N) is 4. The Kier molecular flexibility index (Phi) is 6.22. The van der Waals surface area contributed by atoms with Crippen molar-refractivity contribution in [3.63, 3.8) is 0 Å². The number of anilines is 1. The van der Waals surface area contributed by atoms with Crippen LogP contribution in [-0.2, 0) is 9.53 Å². The summed E-state index contributed by atoms with van der Waals surface area (Å²) in [7, 11) is 0. The number of alkyl halides is 3. The molecule has 0 bridgehead atoms. The average Bonchev–Trinajstić information content (AvgIpc) is 3.05. The van der Waals surface area contributed by atoms with Crippen LogP contribution in [0.4, 0.5) is 19.0 Å². The summed E-state index contributed by atoms with van der Waals surface area (Å²) in [4.78, 5) is 16.8. The number of fused-ring (bicyclic) bond motifs is 1. The van der Waals surface area contributed by atoms with Crippen molar-refractivity contribution in [2.45, 2.75) is 70.5 Å². The van der Waals surface area contributed by atoms with Gasteiger partial charge in [0, 0.05) is 38.3 Å². The van der Waals surface area contributed by atoms with Gasteiger partial charge in [-0.3, -0.25) is 9.69 Å². The van der Waals surface area contributed by atoms with E-state index in [0.717, 1.165) is 17.8 Å². The van der Waals surface area contributed by atoms with Crippen LogP contribution in [0.3, 0.4) is 0 Å². The molecule has 2 fully saturated rings. The van der Waals surface area contributed by atoms with Gasteiger partial charge in [0.1, 0.15) is 5.82 Å². The van der Waals surface area contributed by atoms with Crippen molar-refractivity contribution in [2.24, 2.45) is 5.92 Å². The summed E-state index contributed by atoms with van der Waals surface area (Å²) in [5.41, 5.74) is 0.574. The summed E-state index contributed by atoms with van der Waals surface area (Å²) in [6.07, 6.45) is -2.73. The molecule has 174 valence electrons. The van der Waals surface area contributed by atoms with Crippen molar-refractivity contribution in [1.29, 1.82) is 0 Å². The number of likely N-dealkylation sites (tertiary alicyclic amines) is 1. The molecule has 10 heteroatoms. The summed E-state index contributed by atoms with van der Waals surface area (Å²) in [5.74, 6) is 0.629. The predicted octanol–water partition coefficient (Wildman–Crippen LogP) is 2.83. The average molecular weight is 444 g/mol. The minimum absolute atomic E-state index is 0.0280. The topological polar surface area (TPSA) is 62.6 Å². The number of rotatable bonds is 3. The third-order valence-corrected chi connectivity index (χ3v) is 6.66. The van der Waals surface area contributed by atoms with E-state index < -0.39 is 12.2 Å². The quantitative estimate of drug-likeness (QED) is 0.779. The number of amides is 1. The number of aryl methyl sites for hydroxylation is 1. The van der Waals surface area contributed by atoms with Crippen LogP contribution in [0.2, 0.25) is 0 Å². The van der Waals surface area contributed by atoms with Gasteiger partial charge in [0.15, 0.2) is 6.04 Å². The van der Waals surface area contributed by atoms with E-state index in [-0.39, 0.29) is 36.5 Å². The van der Waals surface area contributed by atoms with Crippen LogP contribution in [0.1, 0.15) is 44.8 Å². The van der Waals surface area contributed by atoms with Crippen molar-refractivity contribution in [1.82, 2.24) is 19.6 Å². The smallest absolute Gasteiger partial charge is 0.373 e. The van der Waals surface area contributed by atoms with Crippen molar-refractivity contribution in [2.75, 3.05) is 38.0 Å². The molecule has 0 unspecified atom stereocenters. The second-order valence-electron chi connectivity index (χ2n) is 9.33. The largest absolute Gasteiger partial charge is 0.410 e. The van der Waals surface area contributed by atoms with Gasteiger partial charge < -0.3 is 15.0 Å². The molecule has 31 heavy (non-hydrogen) atoms. The van der Waals surface area contributed by atoms with E-state index in [2.05, 4.69) is 15.3 Å². The molecular weight excluding hydrogens is 411 g/mol. The van der Waals surface area contributed by atoms with Gasteiger partial charge >= 0.3 is 6.18 Å². The third kappa shape index (κ3) is 5.00. The number of carbonyl (C=O) groups excluding carboxylic acids is 1. The molecule has 1 N–H and O–H groups in total. The van der Waals surface area contributed by atoms with Crippen LogP contribution in [0.5, 0.6) is 0 Å². The van der Waals surface area contributed by atoms with Crippen molar-refractivity contribution >= 4 is 11.7 Å². The molecule has 2 saturated heterocycles. The number of hydrogen-bond acceptors (Lipinski definition) is 5. The maximum absolute atomic E-state index is 13.7. The highest BCUT2D eigenvalue weighted by Gasteiger charge is 2.47. The number of hydrogen-bond donors (Lipinski definition) is 1. The van der Waals surface area contributed by atoms with E-state index >= 15 is 0 Å². The van der Waals surface area contributed by atoms with E-state index in [0.29, 0.717) is 44.0 Å². The van der Waals surface area contributed by atoms with Gasteiger partial charge in [-0.15, -0.1) is 0 Å². The standard InChI is InChI=1S/C21H32F3N5O2/c1-13-8-19-25-17(9-18(21(22,23)24)29(19)26-13)16-4-6-28(7-5-16)20(30)12-27-10-14(2)31-15(3)11-27/h8,14-18,25H,4-7,9-12H2,1-3H3/t14-,15-,17+,18-/m1/s1. The summed E-state index contributed by atoms with van der Waals surface area (Å²) >= 11 is 0. The Bertz CT molecular complexity index is 780. The number of morpholine rings is 1. The molecule has 0 radical (unpaired) electrons. The second kappa shape index (κ2) is 8.61. The molecule has 3 aliphatic heterocycles. The summed E-state index contributed by atoms with van der Waals surface area (Å²) in [5, 5.41) is 7.33. The molecule has 0 aliphatic carbocycles. The molecule has 1 aromatic rings. The van der Waals surface area contributed by atoms with Crippen LogP contribution in [-0.4, -0.2) is 82.6 Å². The Morgan fingerprint density at radius 1 is 1.23 bits per heavy atom. The number of ether oxygens (including phenoxy) is 1. The fourth-order valence-electron chi connectivity index (χ4n) is 5.29. The highest BCUT2D eigenvalue weighted by Crippen LogP contribution is 2.42.